The van der Waals surface area contributed by atoms with E-state index in [-0.39, 0.29) is 5.82 Å². The number of halogens is 1. The van der Waals surface area contributed by atoms with Gasteiger partial charge < -0.3 is 9.47 Å². The van der Waals surface area contributed by atoms with Crippen molar-refractivity contribution in [2.45, 2.75) is 6.54 Å². The van der Waals surface area contributed by atoms with Crippen LogP contribution < -0.4 is 4.74 Å². The molecule has 1 aromatic heterocycles. The minimum Gasteiger partial charge on any atom is -0.491 e. The number of esters is 1. The molecular weight excluding hydrogens is 270 g/mol. The lowest BCUT2D eigenvalue weighted by Gasteiger charge is -2.05. The van der Waals surface area contributed by atoms with Gasteiger partial charge in [0.15, 0.2) is 5.82 Å². The summed E-state index contributed by atoms with van der Waals surface area (Å²) in [6.45, 7) is 0.940. The van der Waals surface area contributed by atoms with Crippen molar-refractivity contribution in [2.75, 3.05) is 13.7 Å². The fraction of sp³-hybridized carbons (Fsp3) is 0.250. The maximum atomic E-state index is 11.5. The summed E-state index contributed by atoms with van der Waals surface area (Å²) in [4.78, 5) is 15.7. The first-order chi connectivity index (χ1) is 9.19. The summed E-state index contributed by atoms with van der Waals surface area (Å²) < 4.78 is 11.8. The monoisotopic (exact) mass is 279 g/mol. The zero-order chi connectivity index (χ0) is 13.4. The molecule has 7 heteroatoms. The molecule has 0 N–H and O–H groups in total. The lowest BCUT2D eigenvalue weighted by molar-refractivity contribution is 0.0586. The van der Waals surface area contributed by atoms with Gasteiger partial charge in [-0.05, 0) is 18.2 Å². The van der Waals surface area contributed by atoms with Gasteiger partial charge >= 0.3 is 5.97 Å². The van der Waals surface area contributed by atoms with Crippen molar-refractivity contribution >= 4 is 17.6 Å². The van der Waals surface area contributed by atoms with E-state index in [1.807, 2.05) is 0 Å². The normalized spacial score (nSPS) is 12.9. The molecule has 0 atom stereocenters. The number of ether oxygens (including phenoxy) is 2. The van der Waals surface area contributed by atoms with Gasteiger partial charge in [-0.25, -0.2) is 14.5 Å². The Labute approximate surface area is 113 Å². The molecule has 1 aliphatic heterocycles. The van der Waals surface area contributed by atoms with Gasteiger partial charge in [0, 0.05) is 5.02 Å². The van der Waals surface area contributed by atoms with E-state index in [2.05, 4.69) is 14.8 Å². The summed E-state index contributed by atoms with van der Waals surface area (Å²) in [5, 5.41) is 4.70. The van der Waals surface area contributed by atoms with Crippen LogP contribution in [0.3, 0.4) is 0 Å². The van der Waals surface area contributed by atoms with Crippen LogP contribution in [0.4, 0.5) is 0 Å². The number of rotatable bonds is 1. The summed E-state index contributed by atoms with van der Waals surface area (Å²) in [6.07, 6.45) is 0. The molecule has 3 rings (SSSR count). The van der Waals surface area contributed by atoms with Crippen LogP contribution in [0.25, 0.3) is 11.4 Å². The number of nitrogens with zero attached hydrogens (tertiary/aromatic N) is 3. The average molecular weight is 280 g/mol. The Morgan fingerprint density at radius 1 is 1.53 bits per heavy atom. The highest BCUT2D eigenvalue weighted by Gasteiger charge is 2.22. The lowest BCUT2D eigenvalue weighted by Crippen LogP contribution is -2.09. The van der Waals surface area contributed by atoms with Crippen molar-refractivity contribution in [1.29, 1.82) is 0 Å². The molecule has 0 spiro atoms. The Balaban J connectivity index is 2.14. The van der Waals surface area contributed by atoms with Crippen molar-refractivity contribution in [3.8, 4) is 17.1 Å². The highest BCUT2D eigenvalue weighted by atomic mass is 35.5. The molecule has 0 saturated heterocycles. The van der Waals surface area contributed by atoms with Crippen molar-refractivity contribution < 1.29 is 14.3 Å². The maximum Gasteiger partial charge on any atom is 0.377 e. The summed E-state index contributed by atoms with van der Waals surface area (Å²) >= 11 is 5.94. The van der Waals surface area contributed by atoms with Crippen molar-refractivity contribution in [3.05, 3.63) is 29.0 Å². The third-order valence-electron chi connectivity index (χ3n) is 2.78. The highest BCUT2D eigenvalue weighted by Crippen LogP contribution is 2.33. The Bertz CT molecular complexity index is 654. The maximum absolute atomic E-state index is 11.5. The molecule has 0 saturated carbocycles. The van der Waals surface area contributed by atoms with E-state index in [9.17, 15) is 4.79 Å². The van der Waals surface area contributed by atoms with Crippen LogP contribution in [0.15, 0.2) is 18.2 Å². The first-order valence-electron chi connectivity index (χ1n) is 5.65. The molecule has 2 aromatic rings. The molecule has 6 nitrogen and oxygen atoms in total. The second-order valence-corrected chi connectivity index (χ2v) is 4.40. The number of fused-ring (bicyclic) bond motifs is 3. The zero-order valence-corrected chi connectivity index (χ0v) is 10.8. The molecule has 0 bridgehead atoms. The van der Waals surface area contributed by atoms with E-state index in [4.69, 9.17) is 16.3 Å². The third-order valence-corrected chi connectivity index (χ3v) is 3.02. The summed E-state index contributed by atoms with van der Waals surface area (Å²) in [7, 11) is 1.30. The fourth-order valence-corrected chi connectivity index (χ4v) is 2.08. The van der Waals surface area contributed by atoms with E-state index < -0.39 is 5.97 Å². The molecule has 1 aliphatic rings. The van der Waals surface area contributed by atoms with Crippen LogP contribution in [0.1, 0.15) is 10.6 Å². The molecule has 0 aliphatic carbocycles. The van der Waals surface area contributed by atoms with Gasteiger partial charge in [0.2, 0.25) is 0 Å². The number of methoxy groups -OCH3 is 1. The number of hydrogen-bond acceptors (Lipinski definition) is 5. The minimum absolute atomic E-state index is 0.0419. The van der Waals surface area contributed by atoms with Gasteiger partial charge in [-0.15, -0.1) is 5.10 Å². The van der Waals surface area contributed by atoms with Crippen LogP contribution in [-0.2, 0) is 11.3 Å². The van der Waals surface area contributed by atoms with Crippen LogP contribution >= 0.6 is 11.6 Å². The Morgan fingerprint density at radius 3 is 3.16 bits per heavy atom. The summed E-state index contributed by atoms with van der Waals surface area (Å²) in [5.41, 5.74) is 0.754. The molecule has 19 heavy (non-hydrogen) atoms. The summed E-state index contributed by atoms with van der Waals surface area (Å²) in [5.74, 6) is 0.692. The topological polar surface area (TPSA) is 66.2 Å². The minimum atomic E-state index is -0.558. The quantitative estimate of drug-likeness (QED) is 0.745. The molecule has 98 valence electrons. The molecule has 1 aromatic carbocycles. The van der Waals surface area contributed by atoms with Gasteiger partial charge in [-0.2, -0.15) is 0 Å². The predicted octanol–water partition coefficient (Wildman–Crippen LogP) is 1.78. The van der Waals surface area contributed by atoms with Gasteiger partial charge in [0.1, 0.15) is 12.4 Å². The lowest BCUT2D eigenvalue weighted by atomic mass is 10.2. The largest absolute Gasteiger partial charge is 0.491 e. The molecule has 0 fully saturated rings. The number of hydrogen-bond donors (Lipinski definition) is 0. The van der Waals surface area contributed by atoms with E-state index in [0.717, 1.165) is 5.56 Å². The first kappa shape index (κ1) is 12.0. The van der Waals surface area contributed by atoms with Crippen LogP contribution in [0, 0.1) is 0 Å². The predicted molar refractivity (Wildman–Crippen MR) is 67.3 cm³/mol. The van der Waals surface area contributed by atoms with E-state index in [1.165, 1.54) is 7.11 Å². The van der Waals surface area contributed by atoms with Gasteiger partial charge in [-0.1, -0.05) is 11.6 Å². The molecule has 0 unspecified atom stereocenters. The smallest absolute Gasteiger partial charge is 0.377 e. The SMILES string of the molecule is COC(=O)c1nc2n(n1)CCOc1cc(Cl)ccc1-2. The Kier molecular flexibility index (Phi) is 2.87. The van der Waals surface area contributed by atoms with Gasteiger partial charge in [0.05, 0.1) is 19.2 Å². The van der Waals surface area contributed by atoms with E-state index >= 15 is 0 Å². The Hall–Kier alpha value is -2.08. The second kappa shape index (κ2) is 4.55. The summed E-state index contributed by atoms with van der Waals surface area (Å²) in [6, 6.07) is 5.26. The van der Waals surface area contributed by atoms with Gasteiger partial charge in [-0.3, -0.25) is 0 Å². The Morgan fingerprint density at radius 2 is 2.37 bits per heavy atom. The highest BCUT2D eigenvalue weighted by molar-refractivity contribution is 6.30. The fourth-order valence-electron chi connectivity index (χ4n) is 1.92. The second-order valence-electron chi connectivity index (χ2n) is 3.96. The van der Waals surface area contributed by atoms with E-state index in [1.54, 1.807) is 22.9 Å². The number of benzene rings is 1. The van der Waals surface area contributed by atoms with Crippen LogP contribution in [0.5, 0.6) is 5.75 Å². The molecule has 0 amide bonds. The first-order valence-corrected chi connectivity index (χ1v) is 6.02. The number of carbonyl (C=O) groups is 1. The molecular formula is C12H10ClN3O3. The van der Waals surface area contributed by atoms with Crippen molar-refractivity contribution in [2.24, 2.45) is 0 Å². The van der Waals surface area contributed by atoms with Crippen molar-refractivity contribution in [3.63, 3.8) is 0 Å². The van der Waals surface area contributed by atoms with Crippen LogP contribution in [0.2, 0.25) is 5.02 Å². The molecule has 2 heterocycles. The average Bonchev–Trinajstić information content (AvgIpc) is 2.75. The molecule has 0 radical (unpaired) electrons. The van der Waals surface area contributed by atoms with Gasteiger partial charge in [0.25, 0.3) is 5.82 Å². The van der Waals surface area contributed by atoms with E-state index in [0.29, 0.717) is 29.7 Å². The zero-order valence-electron chi connectivity index (χ0n) is 10.1. The van der Waals surface area contributed by atoms with Crippen molar-refractivity contribution in [1.82, 2.24) is 14.8 Å². The third kappa shape index (κ3) is 2.04. The van der Waals surface area contributed by atoms with Crippen LogP contribution in [-0.4, -0.2) is 34.5 Å². The number of carbonyl (C=O) groups excluding carboxylic acids is 1. The standard InChI is InChI=1S/C12H10ClN3O3/c1-18-12(17)10-14-11-8-3-2-7(13)6-9(8)19-5-4-16(11)15-10/h2-3,6H,4-5H2,1H3. The number of aromatic nitrogens is 3.